The van der Waals surface area contributed by atoms with Crippen LogP contribution in [0.1, 0.15) is 10.4 Å². The first kappa shape index (κ1) is 13.0. The van der Waals surface area contributed by atoms with Crippen molar-refractivity contribution in [2.75, 3.05) is 0 Å². The van der Waals surface area contributed by atoms with Crippen LogP contribution in [0.5, 0.6) is 0 Å². The second-order valence-corrected chi connectivity index (χ2v) is 5.15. The predicted octanol–water partition coefficient (Wildman–Crippen LogP) is 3.60. The topological polar surface area (TPSA) is 55.2 Å². The van der Waals surface area contributed by atoms with Crippen molar-refractivity contribution in [2.45, 2.75) is 13.1 Å². The average Bonchev–Trinajstić information content (AvgIpc) is 2.75. The molecule has 0 spiro atoms. The van der Waals surface area contributed by atoms with Gasteiger partial charge in [-0.05, 0) is 6.07 Å². The molecule has 0 radical (unpaired) electrons. The number of hydrogen-bond donors (Lipinski definition) is 1. The number of nitrogens with one attached hydrogen (secondary N) is 1. The minimum Gasteiger partial charge on any atom is -0.308 e. The van der Waals surface area contributed by atoms with Gasteiger partial charge in [0.05, 0.1) is 9.95 Å². The van der Waals surface area contributed by atoms with E-state index in [0.29, 0.717) is 18.7 Å². The normalized spacial score (nSPS) is 10.5. The van der Waals surface area contributed by atoms with Crippen molar-refractivity contribution < 1.29 is 4.92 Å². The Balaban J connectivity index is 1.96. The minimum absolute atomic E-state index is 0.147. The maximum Gasteiger partial charge on any atom is 0.273 e. The SMILES string of the molecule is O=[N+]([O-])c1ccccc1CNCc1cc(Cl)cs1. The van der Waals surface area contributed by atoms with Gasteiger partial charge in [-0.3, -0.25) is 10.1 Å². The summed E-state index contributed by atoms with van der Waals surface area (Å²) in [5.74, 6) is 0. The van der Waals surface area contributed by atoms with Gasteiger partial charge < -0.3 is 5.32 Å². The Morgan fingerprint density at radius 1 is 1.33 bits per heavy atom. The van der Waals surface area contributed by atoms with Crippen LogP contribution in [0.25, 0.3) is 0 Å². The van der Waals surface area contributed by atoms with Crippen molar-refractivity contribution in [3.8, 4) is 0 Å². The quantitative estimate of drug-likeness (QED) is 0.673. The summed E-state index contributed by atoms with van der Waals surface area (Å²) in [6.07, 6.45) is 0. The van der Waals surface area contributed by atoms with Crippen LogP contribution in [0.15, 0.2) is 35.7 Å². The van der Waals surface area contributed by atoms with Gasteiger partial charge >= 0.3 is 0 Å². The molecule has 0 aliphatic heterocycles. The number of thiophene rings is 1. The number of hydrogen-bond acceptors (Lipinski definition) is 4. The van der Waals surface area contributed by atoms with Gasteiger partial charge in [0.25, 0.3) is 5.69 Å². The van der Waals surface area contributed by atoms with Crippen LogP contribution in [-0.4, -0.2) is 4.92 Å². The van der Waals surface area contributed by atoms with Gasteiger partial charge in [0.1, 0.15) is 0 Å². The zero-order valence-corrected chi connectivity index (χ0v) is 11.0. The van der Waals surface area contributed by atoms with E-state index in [1.165, 1.54) is 6.07 Å². The molecular formula is C12H11ClN2O2S. The van der Waals surface area contributed by atoms with Crippen LogP contribution < -0.4 is 5.32 Å². The highest BCUT2D eigenvalue weighted by Gasteiger charge is 2.11. The van der Waals surface area contributed by atoms with Gasteiger partial charge in [0.2, 0.25) is 0 Å². The van der Waals surface area contributed by atoms with Gasteiger partial charge in [0, 0.05) is 35.0 Å². The number of nitrogens with zero attached hydrogens (tertiary/aromatic N) is 1. The van der Waals surface area contributed by atoms with Gasteiger partial charge in [0.15, 0.2) is 0 Å². The molecule has 6 heteroatoms. The molecule has 0 atom stereocenters. The van der Waals surface area contributed by atoms with E-state index in [0.717, 1.165) is 9.90 Å². The van der Waals surface area contributed by atoms with E-state index in [4.69, 9.17) is 11.6 Å². The maximum atomic E-state index is 10.8. The molecule has 0 bridgehead atoms. The Labute approximate surface area is 113 Å². The smallest absolute Gasteiger partial charge is 0.273 e. The molecule has 18 heavy (non-hydrogen) atoms. The zero-order valence-electron chi connectivity index (χ0n) is 9.43. The van der Waals surface area contributed by atoms with E-state index >= 15 is 0 Å². The lowest BCUT2D eigenvalue weighted by atomic mass is 10.2. The lowest BCUT2D eigenvalue weighted by Crippen LogP contribution is -2.12. The Morgan fingerprint density at radius 2 is 2.11 bits per heavy atom. The molecule has 1 heterocycles. The van der Waals surface area contributed by atoms with Crippen molar-refractivity contribution in [2.24, 2.45) is 0 Å². The first-order valence-electron chi connectivity index (χ1n) is 5.33. The fourth-order valence-corrected chi connectivity index (χ4v) is 2.65. The lowest BCUT2D eigenvalue weighted by molar-refractivity contribution is -0.385. The first-order chi connectivity index (χ1) is 8.66. The molecule has 1 N–H and O–H groups in total. The van der Waals surface area contributed by atoms with Crippen molar-refractivity contribution in [3.63, 3.8) is 0 Å². The number of halogens is 1. The summed E-state index contributed by atoms with van der Waals surface area (Å²) in [5, 5.41) is 16.6. The third kappa shape index (κ3) is 3.29. The second-order valence-electron chi connectivity index (χ2n) is 3.72. The van der Waals surface area contributed by atoms with Gasteiger partial charge in [-0.25, -0.2) is 0 Å². The molecule has 0 unspecified atom stereocenters. The molecule has 0 saturated carbocycles. The summed E-state index contributed by atoms with van der Waals surface area (Å²) in [6, 6.07) is 8.62. The van der Waals surface area contributed by atoms with Crippen LogP contribution in [0.3, 0.4) is 0 Å². The van der Waals surface area contributed by atoms with Crippen molar-refractivity contribution >= 4 is 28.6 Å². The summed E-state index contributed by atoms with van der Waals surface area (Å²) >= 11 is 7.38. The van der Waals surface area contributed by atoms with Crippen molar-refractivity contribution in [3.05, 3.63) is 61.3 Å². The Morgan fingerprint density at radius 3 is 2.78 bits per heavy atom. The highest BCUT2D eigenvalue weighted by Crippen LogP contribution is 2.20. The van der Waals surface area contributed by atoms with Crippen molar-refractivity contribution in [1.29, 1.82) is 0 Å². The van der Waals surface area contributed by atoms with Crippen LogP contribution in [0.4, 0.5) is 5.69 Å². The number of nitro benzene ring substituents is 1. The maximum absolute atomic E-state index is 10.8. The number of para-hydroxylation sites is 1. The van der Waals surface area contributed by atoms with Crippen molar-refractivity contribution in [1.82, 2.24) is 5.32 Å². The molecule has 94 valence electrons. The van der Waals surface area contributed by atoms with Gasteiger partial charge in [-0.1, -0.05) is 29.8 Å². The van der Waals surface area contributed by atoms with Gasteiger partial charge in [-0.15, -0.1) is 11.3 Å². The highest BCUT2D eigenvalue weighted by atomic mass is 35.5. The molecule has 1 aromatic heterocycles. The third-order valence-electron chi connectivity index (χ3n) is 2.42. The summed E-state index contributed by atoms with van der Waals surface area (Å²) < 4.78 is 0. The standard InChI is InChI=1S/C12H11ClN2O2S/c13-10-5-11(18-8-10)7-14-6-9-3-1-2-4-12(9)15(16)17/h1-5,8,14H,6-7H2. The highest BCUT2D eigenvalue weighted by molar-refractivity contribution is 7.10. The summed E-state index contributed by atoms with van der Waals surface area (Å²) in [5.41, 5.74) is 0.833. The minimum atomic E-state index is -0.362. The van der Waals surface area contributed by atoms with E-state index in [1.807, 2.05) is 11.4 Å². The molecule has 0 amide bonds. The average molecular weight is 283 g/mol. The molecule has 2 rings (SSSR count). The molecule has 0 saturated heterocycles. The molecule has 1 aromatic carbocycles. The lowest BCUT2D eigenvalue weighted by Gasteiger charge is -2.04. The van der Waals surface area contributed by atoms with Crippen LogP contribution in [0, 0.1) is 10.1 Å². The summed E-state index contributed by atoms with van der Waals surface area (Å²) in [6.45, 7) is 1.12. The fourth-order valence-electron chi connectivity index (χ4n) is 1.61. The zero-order chi connectivity index (χ0) is 13.0. The molecule has 0 fully saturated rings. The van der Waals surface area contributed by atoms with E-state index in [1.54, 1.807) is 29.5 Å². The fraction of sp³-hybridized carbons (Fsp3) is 0.167. The predicted molar refractivity (Wildman–Crippen MR) is 73.0 cm³/mol. The van der Waals surface area contributed by atoms with Crippen LogP contribution in [0.2, 0.25) is 5.02 Å². The van der Waals surface area contributed by atoms with E-state index in [-0.39, 0.29) is 10.6 Å². The molecule has 2 aromatic rings. The Kier molecular flexibility index (Phi) is 4.30. The number of benzene rings is 1. The molecule has 0 aliphatic rings. The largest absolute Gasteiger partial charge is 0.308 e. The molecular weight excluding hydrogens is 272 g/mol. The number of rotatable bonds is 5. The third-order valence-corrected chi connectivity index (χ3v) is 3.71. The second kappa shape index (κ2) is 5.95. The summed E-state index contributed by atoms with van der Waals surface area (Å²) in [7, 11) is 0. The van der Waals surface area contributed by atoms with Crippen LogP contribution in [-0.2, 0) is 13.1 Å². The number of nitro groups is 1. The molecule has 4 nitrogen and oxygen atoms in total. The first-order valence-corrected chi connectivity index (χ1v) is 6.58. The Hall–Kier alpha value is -1.43. The van der Waals surface area contributed by atoms with E-state index in [9.17, 15) is 10.1 Å². The van der Waals surface area contributed by atoms with E-state index < -0.39 is 0 Å². The molecule has 0 aliphatic carbocycles. The van der Waals surface area contributed by atoms with Crippen LogP contribution >= 0.6 is 22.9 Å². The van der Waals surface area contributed by atoms with Gasteiger partial charge in [-0.2, -0.15) is 0 Å². The monoisotopic (exact) mass is 282 g/mol. The summed E-state index contributed by atoms with van der Waals surface area (Å²) in [4.78, 5) is 11.6. The van der Waals surface area contributed by atoms with E-state index in [2.05, 4.69) is 5.32 Å². The Bertz CT molecular complexity index is 557.